The number of carbonyl (C=O) groups is 2. The van der Waals surface area contributed by atoms with Gasteiger partial charge in [-0.25, -0.2) is 0 Å². The Balaban J connectivity index is 2.46. The summed E-state index contributed by atoms with van der Waals surface area (Å²) in [5, 5.41) is 18.1. The van der Waals surface area contributed by atoms with Crippen LogP contribution in [0.2, 0.25) is 0 Å². The predicted octanol–water partition coefficient (Wildman–Crippen LogP) is 3.98. The molecular weight excluding hydrogens is 398 g/mol. The second-order valence-electron chi connectivity index (χ2n) is 10.2. The lowest BCUT2D eigenvalue weighted by atomic mass is 10.0. The summed E-state index contributed by atoms with van der Waals surface area (Å²) in [6, 6.07) is 8.00. The first-order chi connectivity index (χ1) is 14.1. The third-order valence-electron chi connectivity index (χ3n) is 5.55. The zero-order chi connectivity index (χ0) is 23.9. The Morgan fingerprint density at radius 1 is 0.935 bits per heavy atom. The Hall–Kier alpha value is -2.12. The van der Waals surface area contributed by atoms with Gasteiger partial charge in [0.1, 0.15) is 11.4 Å². The molecule has 1 aromatic rings. The predicted molar refractivity (Wildman–Crippen MR) is 120 cm³/mol. The average molecular weight is 439 g/mol. The molecule has 0 bridgehead atoms. The van der Waals surface area contributed by atoms with E-state index >= 15 is 0 Å². The highest BCUT2D eigenvalue weighted by atomic mass is 16.5. The maximum atomic E-state index is 11.1. The van der Waals surface area contributed by atoms with E-state index < -0.39 is 17.9 Å². The molecule has 0 saturated heterocycles. The lowest BCUT2D eigenvalue weighted by Gasteiger charge is -2.35. The molecule has 0 aliphatic rings. The first kappa shape index (κ1) is 26.9. The van der Waals surface area contributed by atoms with Crippen LogP contribution >= 0.6 is 0 Å². The van der Waals surface area contributed by atoms with Crippen molar-refractivity contribution in [2.24, 2.45) is 5.92 Å². The number of hydrogen-bond donors (Lipinski definition) is 2. The van der Waals surface area contributed by atoms with Crippen LogP contribution in [0.5, 0.6) is 5.75 Å². The number of nitrogens with zero attached hydrogens (tertiary/aromatic N) is 1. The second kappa shape index (κ2) is 11.0. The fourth-order valence-corrected chi connectivity index (χ4v) is 3.14. The van der Waals surface area contributed by atoms with Crippen LogP contribution in [-0.2, 0) is 14.3 Å². The van der Waals surface area contributed by atoms with Gasteiger partial charge in [-0.2, -0.15) is 0 Å². The van der Waals surface area contributed by atoms with Crippen molar-refractivity contribution >= 4 is 11.9 Å². The number of quaternary nitrogens is 1. The lowest BCUT2D eigenvalue weighted by molar-refractivity contribution is -0.891. The van der Waals surface area contributed by atoms with Gasteiger partial charge in [0.25, 0.3) is 0 Å². The number of aryl methyl sites for hydroxylation is 1. The van der Waals surface area contributed by atoms with Crippen LogP contribution in [0.25, 0.3) is 0 Å². The maximum absolute atomic E-state index is 11.1. The van der Waals surface area contributed by atoms with Crippen LogP contribution in [0.1, 0.15) is 52.5 Å². The summed E-state index contributed by atoms with van der Waals surface area (Å²) in [5.41, 5.74) is 0.482. The van der Waals surface area contributed by atoms with Crippen molar-refractivity contribution in [3.05, 3.63) is 29.8 Å². The molecule has 0 radical (unpaired) electrons. The minimum atomic E-state index is -1.36. The number of benzene rings is 1. The Morgan fingerprint density at radius 3 is 2.00 bits per heavy atom. The lowest BCUT2D eigenvalue weighted by Crippen LogP contribution is -2.46. The van der Waals surface area contributed by atoms with Crippen molar-refractivity contribution in [1.29, 1.82) is 0 Å². The molecule has 0 heterocycles. The van der Waals surface area contributed by atoms with E-state index in [1.807, 2.05) is 73.0 Å². The number of carboxylic acid groups (broad SMARTS) is 2. The van der Waals surface area contributed by atoms with Gasteiger partial charge >= 0.3 is 11.9 Å². The van der Waals surface area contributed by atoms with Crippen LogP contribution in [0.15, 0.2) is 24.3 Å². The molecule has 0 saturated carbocycles. The molecule has 31 heavy (non-hydrogen) atoms. The van der Waals surface area contributed by atoms with Crippen molar-refractivity contribution in [1.82, 2.24) is 0 Å². The smallest absolute Gasteiger partial charge is 0.318 e. The molecule has 7 heteroatoms. The highest BCUT2D eigenvalue weighted by Gasteiger charge is 2.31. The third kappa shape index (κ3) is 10.6. The zero-order valence-electron chi connectivity index (χ0n) is 20.1. The minimum Gasteiger partial charge on any atom is -0.488 e. The molecule has 0 aliphatic carbocycles. The normalized spacial score (nSPS) is 12.8. The summed E-state index contributed by atoms with van der Waals surface area (Å²) in [7, 11) is 3.96. The van der Waals surface area contributed by atoms with E-state index in [-0.39, 0.29) is 17.6 Å². The molecule has 2 N–H and O–H groups in total. The fraction of sp³-hybridized carbons (Fsp3) is 0.667. The first-order valence-corrected chi connectivity index (χ1v) is 10.8. The van der Waals surface area contributed by atoms with Gasteiger partial charge in [0, 0.05) is 19.3 Å². The molecular formula is C24H40NO6+. The summed E-state index contributed by atoms with van der Waals surface area (Å²) in [6.07, 6.45) is 1.61. The summed E-state index contributed by atoms with van der Waals surface area (Å²) in [6.45, 7) is 12.0. The standard InChI is InChI=1S/C24H39NO6/c1-18-8-10-19(11-9-18)31-24(4,5)14-17-30-23(2,3)13-16-25(6,7)15-12-20(21(26)27)22(28)29/h8-11,20H,12-17H2,1-7H3,(H-,26,27,28,29)/p+1. The molecule has 7 nitrogen and oxygen atoms in total. The molecule has 0 amide bonds. The van der Waals surface area contributed by atoms with Gasteiger partial charge in [-0.1, -0.05) is 17.7 Å². The molecule has 0 aliphatic heterocycles. The van der Waals surface area contributed by atoms with Gasteiger partial charge < -0.3 is 24.2 Å². The number of ether oxygens (including phenoxy) is 2. The fourth-order valence-electron chi connectivity index (χ4n) is 3.14. The molecule has 0 aromatic heterocycles. The summed E-state index contributed by atoms with van der Waals surface area (Å²) in [5.74, 6) is -3.09. The zero-order valence-corrected chi connectivity index (χ0v) is 20.1. The number of rotatable bonds is 14. The molecule has 1 aromatic carbocycles. The van der Waals surface area contributed by atoms with Gasteiger partial charge in [-0.3, -0.25) is 9.59 Å². The Kier molecular flexibility index (Phi) is 9.51. The molecule has 0 unspecified atom stereocenters. The third-order valence-corrected chi connectivity index (χ3v) is 5.55. The van der Waals surface area contributed by atoms with Crippen molar-refractivity contribution in [3.63, 3.8) is 0 Å². The molecule has 0 spiro atoms. The van der Waals surface area contributed by atoms with Gasteiger partial charge in [0.15, 0.2) is 5.92 Å². The van der Waals surface area contributed by atoms with Crippen LogP contribution in [-0.4, -0.2) is 71.6 Å². The van der Waals surface area contributed by atoms with Gasteiger partial charge in [0.2, 0.25) is 0 Å². The largest absolute Gasteiger partial charge is 0.488 e. The van der Waals surface area contributed by atoms with Crippen LogP contribution in [0, 0.1) is 12.8 Å². The number of carboxylic acids is 2. The highest BCUT2D eigenvalue weighted by Crippen LogP contribution is 2.24. The minimum absolute atomic E-state index is 0.101. The molecule has 1 rings (SSSR count). The average Bonchev–Trinajstić information content (AvgIpc) is 2.61. The Morgan fingerprint density at radius 2 is 1.48 bits per heavy atom. The van der Waals surface area contributed by atoms with E-state index in [1.54, 1.807) is 0 Å². The van der Waals surface area contributed by atoms with Crippen LogP contribution in [0.4, 0.5) is 0 Å². The highest BCUT2D eigenvalue weighted by molar-refractivity contribution is 5.92. The van der Waals surface area contributed by atoms with Crippen LogP contribution < -0.4 is 4.74 Å². The Labute approximate surface area is 186 Å². The van der Waals surface area contributed by atoms with E-state index in [4.69, 9.17) is 19.7 Å². The van der Waals surface area contributed by atoms with E-state index in [0.717, 1.165) is 25.1 Å². The molecule has 0 fully saturated rings. The van der Waals surface area contributed by atoms with E-state index in [9.17, 15) is 9.59 Å². The van der Waals surface area contributed by atoms with Gasteiger partial charge in [-0.05, 0) is 46.8 Å². The van der Waals surface area contributed by atoms with Crippen molar-refractivity contribution in [2.45, 2.75) is 65.1 Å². The number of aliphatic carboxylic acids is 2. The van der Waals surface area contributed by atoms with Crippen LogP contribution in [0.3, 0.4) is 0 Å². The van der Waals surface area contributed by atoms with Crippen molar-refractivity contribution < 1.29 is 33.8 Å². The van der Waals surface area contributed by atoms with Crippen molar-refractivity contribution in [2.75, 3.05) is 33.8 Å². The maximum Gasteiger partial charge on any atom is 0.318 e. The Bertz CT molecular complexity index is 710. The second-order valence-corrected chi connectivity index (χ2v) is 10.2. The summed E-state index contributed by atoms with van der Waals surface area (Å²) >= 11 is 0. The van der Waals surface area contributed by atoms with E-state index in [0.29, 0.717) is 17.6 Å². The van der Waals surface area contributed by atoms with E-state index in [1.165, 1.54) is 5.56 Å². The SMILES string of the molecule is Cc1ccc(OC(C)(C)CCOC(C)(C)CC[N+](C)(C)CCC(C(=O)O)C(=O)O)cc1. The topological polar surface area (TPSA) is 93.1 Å². The van der Waals surface area contributed by atoms with Gasteiger partial charge in [0.05, 0.1) is 39.4 Å². The van der Waals surface area contributed by atoms with Gasteiger partial charge in [-0.15, -0.1) is 0 Å². The summed E-state index contributed by atoms with van der Waals surface area (Å²) < 4.78 is 12.8. The molecule has 176 valence electrons. The quantitative estimate of drug-likeness (QED) is 0.337. The summed E-state index contributed by atoms with van der Waals surface area (Å²) in [4.78, 5) is 22.2. The first-order valence-electron chi connectivity index (χ1n) is 10.8. The van der Waals surface area contributed by atoms with Crippen molar-refractivity contribution in [3.8, 4) is 5.75 Å². The monoisotopic (exact) mass is 438 g/mol. The van der Waals surface area contributed by atoms with E-state index in [2.05, 4.69) is 0 Å². The molecule has 0 atom stereocenters. The number of hydrogen-bond acceptors (Lipinski definition) is 4.